The molecule has 2 aromatic rings. The SMILES string of the molecule is CC(c1ccccc1)N(C)S(=O)(=O)c1c(N)ncn1C. The van der Waals surface area contributed by atoms with Crippen molar-refractivity contribution in [2.45, 2.75) is 18.0 Å². The second-order valence-electron chi connectivity index (χ2n) is 4.65. The van der Waals surface area contributed by atoms with Gasteiger partial charge >= 0.3 is 0 Å². The van der Waals surface area contributed by atoms with E-state index in [1.54, 1.807) is 14.1 Å². The Hall–Kier alpha value is -1.86. The Morgan fingerprint density at radius 1 is 1.30 bits per heavy atom. The summed E-state index contributed by atoms with van der Waals surface area (Å²) in [6.07, 6.45) is 1.39. The number of rotatable bonds is 4. The van der Waals surface area contributed by atoms with Gasteiger partial charge in [-0.25, -0.2) is 13.4 Å². The fraction of sp³-hybridized carbons (Fsp3) is 0.308. The fourth-order valence-corrected chi connectivity index (χ4v) is 3.58. The molecule has 2 N–H and O–H groups in total. The first-order valence-corrected chi connectivity index (χ1v) is 7.59. The van der Waals surface area contributed by atoms with E-state index in [-0.39, 0.29) is 16.9 Å². The molecule has 20 heavy (non-hydrogen) atoms. The van der Waals surface area contributed by atoms with E-state index in [1.165, 1.54) is 15.2 Å². The minimum absolute atomic E-state index is 0.0135. The van der Waals surface area contributed by atoms with Gasteiger partial charge in [0.25, 0.3) is 10.0 Å². The molecule has 0 radical (unpaired) electrons. The van der Waals surface area contributed by atoms with Gasteiger partial charge in [0.05, 0.1) is 6.33 Å². The van der Waals surface area contributed by atoms with Crippen LogP contribution in [0.25, 0.3) is 0 Å². The third kappa shape index (κ3) is 2.41. The van der Waals surface area contributed by atoms with Crippen LogP contribution < -0.4 is 5.73 Å². The second kappa shape index (κ2) is 5.26. The molecule has 1 heterocycles. The molecular weight excluding hydrogens is 276 g/mol. The lowest BCUT2D eigenvalue weighted by molar-refractivity contribution is 0.395. The van der Waals surface area contributed by atoms with Gasteiger partial charge in [0.1, 0.15) is 0 Å². The number of benzene rings is 1. The maximum Gasteiger partial charge on any atom is 0.262 e. The molecule has 7 heteroatoms. The molecule has 6 nitrogen and oxygen atoms in total. The lowest BCUT2D eigenvalue weighted by atomic mass is 10.1. The van der Waals surface area contributed by atoms with E-state index in [9.17, 15) is 8.42 Å². The molecule has 0 aliphatic carbocycles. The third-order valence-electron chi connectivity index (χ3n) is 3.36. The quantitative estimate of drug-likeness (QED) is 0.923. The third-order valence-corrected chi connectivity index (χ3v) is 5.42. The first kappa shape index (κ1) is 14.5. The zero-order valence-corrected chi connectivity index (χ0v) is 12.5. The van der Waals surface area contributed by atoms with Crippen molar-refractivity contribution in [1.29, 1.82) is 0 Å². The Bertz CT molecular complexity index is 675. The van der Waals surface area contributed by atoms with Crippen molar-refractivity contribution in [1.82, 2.24) is 13.9 Å². The minimum atomic E-state index is -3.70. The fourth-order valence-electron chi connectivity index (χ4n) is 2.04. The average Bonchev–Trinajstić information content (AvgIpc) is 2.78. The van der Waals surface area contributed by atoms with E-state index in [0.717, 1.165) is 5.56 Å². The predicted molar refractivity (Wildman–Crippen MR) is 77.4 cm³/mol. The van der Waals surface area contributed by atoms with Gasteiger partial charge in [0, 0.05) is 20.1 Å². The Labute approximate surface area is 118 Å². The largest absolute Gasteiger partial charge is 0.381 e. The summed E-state index contributed by atoms with van der Waals surface area (Å²) in [7, 11) is -0.546. The van der Waals surface area contributed by atoms with Gasteiger partial charge in [0.2, 0.25) is 0 Å². The van der Waals surface area contributed by atoms with E-state index in [1.807, 2.05) is 37.3 Å². The van der Waals surface area contributed by atoms with Crippen molar-refractivity contribution in [3.05, 3.63) is 42.2 Å². The van der Waals surface area contributed by atoms with Crippen LogP contribution in [-0.4, -0.2) is 29.3 Å². The van der Waals surface area contributed by atoms with E-state index in [4.69, 9.17) is 5.73 Å². The van der Waals surface area contributed by atoms with Gasteiger partial charge in [-0.15, -0.1) is 0 Å². The molecule has 1 unspecified atom stereocenters. The second-order valence-corrected chi connectivity index (χ2v) is 6.57. The van der Waals surface area contributed by atoms with E-state index < -0.39 is 10.0 Å². The number of aryl methyl sites for hydroxylation is 1. The van der Waals surface area contributed by atoms with Crippen molar-refractivity contribution < 1.29 is 8.42 Å². The van der Waals surface area contributed by atoms with Crippen LogP contribution in [0.3, 0.4) is 0 Å². The van der Waals surface area contributed by atoms with Crippen LogP contribution in [0.5, 0.6) is 0 Å². The van der Waals surface area contributed by atoms with Gasteiger partial charge in [-0.05, 0) is 12.5 Å². The molecule has 2 rings (SSSR count). The van der Waals surface area contributed by atoms with Crippen LogP contribution in [-0.2, 0) is 17.1 Å². The summed E-state index contributed by atoms with van der Waals surface area (Å²) in [5, 5.41) is 0.0165. The number of aromatic nitrogens is 2. The Morgan fingerprint density at radius 2 is 1.90 bits per heavy atom. The minimum Gasteiger partial charge on any atom is -0.381 e. The van der Waals surface area contributed by atoms with Gasteiger partial charge in [-0.3, -0.25) is 0 Å². The van der Waals surface area contributed by atoms with Gasteiger partial charge in [-0.1, -0.05) is 30.3 Å². The number of nitrogens with two attached hydrogens (primary N) is 1. The molecule has 0 amide bonds. The Kier molecular flexibility index (Phi) is 3.82. The molecule has 0 spiro atoms. The number of hydrogen-bond acceptors (Lipinski definition) is 4. The maximum absolute atomic E-state index is 12.6. The van der Waals surface area contributed by atoms with Crippen molar-refractivity contribution in [2.75, 3.05) is 12.8 Å². The monoisotopic (exact) mass is 294 g/mol. The van der Waals surface area contributed by atoms with Gasteiger partial charge in [0.15, 0.2) is 10.8 Å². The number of anilines is 1. The molecule has 1 atom stereocenters. The summed E-state index contributed by atoms with van der Waals surface area (Å²) in [5.74, 6) is 0.0135. The van der Waals surface area contributed by atoms with Crippen LogP contribution in [0, 0.1) is 0 Å². The van der Waals surface area contributed by atoms with Crippen molar-refractivity contribution in [2.24, 2.45) is 7.05 Å². The van der Waals surface area contributed by atoms with E-state index >= 15 is 0 Å². The van der Waals surface area contributed by atoms with Crippen molar-refractivity contribution >= 4 is 15.8 Å². The number of sulfonamides is 1. The summed E-state index contributed by atoms with van der Waals surface area (Å²) < 4.78 is 28.0. The Morgan fingerprint density at radius 3 is 2.40 bits per heavy atom. The number of hydrogen-bond donors (Lipinski definition) is 1. The molecule has 0 saturated carbocycles. The Balaban J connectivity index is 2.40. The van der Waals surface area contributed by atoms with Crippen LogP contribution in [0.1, 0.15) is 18.5 Å². The molecule has 0 saturated heterocycles. The highest BCUT2D eigenvalue weighted by Crippen LogP contribution is 2.27. The predicted octanol–water partition coefficient (Wildman–Crippen LogP) is 1.38. The summed E-state index contributed by atoms with van der Waals surface area (Å²) in [6.45, 7) is 1.83. The van der Waals surface area contributed by atoms with Crippen LogP contribution in [0.15, 0.2) is 41.7 Å². The smallest absolute Gasteiger partial charge is 0.262 e. The summed E-state index contributed by atoms with van der Waals surface area (Å²) in [6, 6.07) is 9.14. The zero-order valence-electron chi connectivity index (χ0n) is 11.7. The van der Waals surface area contributed by atoms with Gasteiger partial charge in [-0.2, -0.15) is 4.31 Å². The lowest BCUT2D eigenvalue weighted by Gasteiger charge is -2.24. The van der Waals surface area contributed by atoms with Gasteiger partial charge < -0.3 is 10.3 Å². The highest BCUT2D eigenvalue weighted by atomic mass is 32.2. The molecule has 0 bridgehead atoms. The zero-order chi connectivity index (χ0) is 14.9. The average molecular weight is 294 g/mol. The molecule has 0 aliphatic rings. The number of imidazole rings is 1. The standard InChI is InChI=1S/C13H18N4O2S/c1-10(11-7-5-4-6-8-11)17(3)20(18,19)13-12(14)15-9-16(13)2/h4-10H,14H2,1-3H3. The normalized spacial score (nSPS) is 13.6. The highest BCUT2D eigenvalue weighted by Gasteiger charge is 2.30. The highest BCUT2D eigenvalue weighted by molar-refractivity contribution is 7.89. The van der Waals surface area contributed by atoms with Crippen LogP contribution in [0.2, 0.25) is 0 Å². The number of nitrogens with zero attached hydrogens (tertiary/aromatic N) is 3. The summed E-state index contributed by atoms with van der Waals surface area (Å²) in [4.78, 5) is 3.83. The van der Waals surface area contributed by atoms with Crippen LogP contribution in [0.4, 0.5) is 5.82 Å². The molecule has 108 valence electrons. The van der Waals surface area contributed by atoms with Crippen LogP contribution >= 0.6 is 0 Å². The number of nitrogen functional groups attached to an aromatic ring is 1. The maximum atomic E-state index is 12.6. The first-order chi connectivity index (χ1) is 9.35. The van der Waals surface area contributed by atoms with Crippen molar-refractivity contribution in [3.8, 4) is 0 Å². The molecule has 0 aliphatic heterocycles. The summed E-state index contributed by atoms with van der Waals surface area (Å²) in [5.41, 5.74) is 6.58. The lowest BCUT2D eigenvalue weighted by Crippen LogP contribution is -2.31. The van der Waals surface area contributed by atoms with Crippen molar-refractivity contribution in [3.63, 3.8) is 0 Å². The molecule has 0 fully saturated rings. The molecule has 1 aromatic carbocycles. The summed E-state index contributed by atoms with van der Waals surface area (Å²) >= 11 is 0. The molecule has 1 aromatic heterocycles. The van der Waals surface area contributed by atoms with E-state index in [0.29, 0.717) is 0 Å². The molecular formula is C13H18N4O2S. The van der Waals surface area contributed by atoms with E-state index in [2.05, 4.69) is 4.98 Å². The topological polar surface area (TPSA) is 81.2 Å². The first-order valence-electron chi connectivity index (χ1n) is 6.15.